The summed E-state index contributed by atoms with van der Waals surface area (Å²) in [6.07, 6.45) is 1.45. The van der Waals surface area contributed by atoms with Crippen molar-refractivity contribution < 1.29 is 4.39 Å². The molecule has 0 aromatic heterocycles. The van der Waals surface area contributed by atoms with Crippen molar-refractivity contribution in [3.05, 3.63) is 33.5 Å². The van der Waals surface area contributed by atoms with Crippen LogP contribution in [-0.4, -0.2) is 5.54 Å². The van der Waals surface area contributed by atoms with Gasteiger partial charge in [-0.3, -0.25) is 0 Å². The first-order chi connectivity index (χ1) is 6.83. The Balaban J connectivity index is 3.11. The third-order valence-corrected chi connectivity index (χ3v) is 2.79. The van der Waals surface area contributed by atoms with E-state index >= 15 is 0 Å². The van der Waals surface area contributed by atoms with E-state index in [2.05, 4.69) is 22.9 Å². The van der Waals surface area contributed by atoms with Gasteiger partial charge in [-0.05, 0) is 59.8 Å². The average Bonchev–Trinajstić information content (AvgIpc) is 2.10. The maximum absolute atomic E-state index is 13.7. The highest BCUT2D eigenvalue weighted by atomic mass is 79.9. The van der Waals surface area contributed by atoms with Gasteiger partial charge in [-0.25, -0.2) is 4.39 Å². The van der Waals surface area contributed by atoms with Crippen molar-refractivity contribution in [3.8, 4) is 0 Å². The van der Waals surface area contributed by atoms with E-state index in [0.29, 0.717) is 16.5 Å². The lowest BCUT2D eigenvalue weighted by molar-refractivity contribution is 0.495. The van der Waals surface area contributed by atoms with Gasteiger partial charge in [0.05, 0.1) is 4.47 Å². The predicted molar refractivity (Wildman–Crippen MR) is 65.4 cm³/mol. The van der Waals surface area contributed by atoms with Crippen molar-refractivity contribution in [2.24, 2.45) is 5.73 Å². The smallest absolute Gasteiger partial charge is 0.140 e. The molecule has 84 valence electrons. The Morgan fingerprint density at radius 1 is 1.40 bits per heavy atom. The average molecular weight is 274 g/mol. The Kier molecular flexibility index (Phi) is 3.90. The number of hydrogen-bond acceptors (Lipinski definition) is 1. The van der Waals surface area contributed by atoms with Crippen LogP contribution in [0.3, 0.4) is 0 Å². The van der Waals surface area contributed by atoms with E-state index in [1.165, 1.54) is 0 Å². The summed E-state index contributed by atoms with van der Waals surface area (Å²) in [5, 5.41) is 0. The Hall–Kier alpha value is -0.410. The Morgan fingerprint density at radius 2 is 2.00 bits per heavy atom. The highest BCUT2D eigenvalue weighted by Gasteiger charge is 2.16. The normalized spacial score (nSPS) is 11.9. The summed E-state index contributed by atoms with van der Waals surface area (Å²) in [4.78, 5) is 0. The van der Waals surface area contributed by atoms with Crippen molar-refractivity contribution in [1.82, 2.24) is 0 Å². The molecule has 0 aliphatic carbocycles. The van der Waals surface area contributed by atoms with E-state index in [4.69, 9.17) is 5.73 Å². The lowest BCUT2D eigenvalue weighted by atomic mass is 9.94. The van der Waals surface area contributed by atoms with Crippen LogP contribution in [0.4, 0.5) is 4.39 Å². The number of rotatable bonds is 3. The van der Waals surface area contributed by atoms with Gasteiger partial charge in [-0.1, -0.05) is 13.0 Å². The minimum Gasteiger partial charge on any atom is -0.325 e. The van der Waals surface area contributed by atoms with Crippen LogP contribution >= 0.6 is 15.9 Å². The van der Waals surface area contributed by atoms with Crippen LogP contribution in [0.25, 0.3) is 0 Å². The molecule has 0 fully saturated rings. The molecule has 1 rings (SSSR count). The van der Waals surface area contributed by atoms with E-state index in [1.807, 2.05) is 26.0 Å². The van der Waals surface area contributed by atoms with Gasteiger partial charge in [0.15, 0.2) is 0 Å². The van der Waals surface area contributed by atoms with Crippen molar-refractivity contribution in [3.63, 3.8) is 0 Å². The largest absolute Gasteiger partial charge is 0.325 e. The maximum Gasteiger partial charge on any atom is 0.140 e. The molecule has 0 amide bonds. The van der Waals surface area contributed by atoms with Crippen LogP contribution in [-0.2, 0) is 12.8 Å². The molecule has 0 saturated carbocycles. The van der Waals surface area contributed by atoms with Crippen molar-refractivity contribution in [2.45, 2.75) is 39.2 Å². The molecule has 0 radical (unpaired) electrons. The zero-order chi connectivity index (χ0) is 11.6. The number of benzene rings is 1. The first-order valence-corrected chi connectivity index (χ1v) is 5.88. The van der Waals surface area contributed by atoms with Crippen LogP contribution in [0, 0.1) is 5.82 Å². The monoisotopic (exact) mass is 273 g/mol. The third kappa shape index (κ3) is 3.58. The molecule has 0 atom stereocenters. The summed E-state index contributed by atoms with van der Waals surface area (Å²) in [6.45, 7) is 5.86. The summed E-state index contributed by atoms with van der Waals surface area (Å²) in [6, 6.07) is 3.72. The van der Waals surface area contributed by atoms with Gasteiger partial charge in [0.1, 0.15) is 5.82 Å². The second-order valence-electron chi connectivity index (χ2n) is 4.57. The minimum atomic E-state index is -0.382. The van der Waals surface area contributed by atoms with E-state index in [0.717, 1.165) is 12.0 Å². The second-order valence-corrected chi connectivity index (χ2v) is 5.42. The highest BCUT2D eigenvalue weighted by molar-refractivity contribution is 9.10. The van der Waals surface area contributed by atoms with E-state index < -0.39 is 0 Å². The van der Waals surface area contributed by atoms with Crippen LogP contribution < -0.4 is 5.73 Å². The quantitative estimate of drug-likeness (QED) is 0.897. The Bertz CT molecular complexity index is 355. The molecule has 15 heavy (non-hydrogen) atoms. The fraction of sp³-hybridized carbons (Fsp3) is 0.500. The molecular weight excluding hydrogens is 257 g/mol. The molecule has 1 aromatic rings. The van der Waals surface area contributed by atoms with Crippen LogP contribution in [0.15, 0.2) is 16.6 Å². The van der Waals surface area contributed by atoms with E-state index in [9.17, 15) is 4.39 Å². The number of aryl methyl sites for hydroxylation is 1. The topological polar surface area (TPSA) is 26.0 Å². The van der Waals surface area contributed by atoms with Gasteiger partial charge in [0.2, 0.25) is 0 Å². The molecule has 0 unspecified atom stereocenters. The highest BCUT2D eigenvalue weighted by Crippen LogP contribution is 2.24. The first-order valence-electron chi connectivity index (χ1n) is 5.09. The molecular formula is C12H17BrFN. The molecule has 0 bridgehead atoms. The summed E-state index contributed by atoms with van der Waals surface area (Å²) in [5.41, 5.74) is 7.33. The fourth-order valence-electron chi connectivity index (χ4n) is 1.53. The van der Waals surface area contributed by atoms with Crippen molar-refractivity contribution in [1.29, 1.82) is 0 Å². The van der Waals surface area contributed by atoms with Crippen LogP contribution in [0.2, 0.25) is 0 Å². The van der Waals surface area contributed by atoms with E-state index in [-0.39, 0.29) is 11.4 Å². The van der Waals surface area contributed by atoms with Gasteiger partial charge in [-0.15, -0.1) is 0 Å². The van der Waals surface area contributed by atoms with Crippen LogP contribution in [0.1, 0.15) is 31.9 Å². The van der Waals surface area contributed by atoms with E-state index in [1.54, 1.807) is 0 Å². The van der Waals surface area contributed by atoms with Gasteiger partial charge >= 0.3 is 0 Å². The molecule has 1 aromatic carbocycles. The molecule has 0 aliphatic rings. The zero-order valence-electron chi connectivity index (χ0n) is 9.40. The summed E-state index contributed by atoms with van der Waals surface area (Å²) < 4.78 is 14.3. The predicted octanol–water partition coefficient (Wildman–Crippen LogP) is 3.43. The molecule has 1 nitrogen and oxygen atoms in total. The van der Waals surface area contributed by atoms with Crippen LogP contribution in [0.5, 0.6) is 0 Å². The summed E-state index contributed by atoms with van der Waals surface area (Å²) in [7, 11) is 0. The summed E-state index contributed by atoms with van der Waals surface area (Å²) >= 11 is 3.23. The number of halogens is 2. The zero-order valence-corrected chi connectivity index (χ0v) is 11.0. The molecule has 0 spiro atoms. The van der Waals surface area contributed by atoms with Gasteiger partial charge in [-0.2, -0.15) is 0 Å². The molecule has 0 heterocycles. The lowest BCUT2D eigenvalue weighted by Crippen LogP contribution is -2.34. The Morgan fingerprint density at radius 3 is 2.47 bits per heavy atom. The number of nitrogens with two attached hydrogens (primary N) is 1. The molecule has 0 saturated heterocycles. The number of hydrogen-bond donors (Lipinski definition) is 1. The third-order valence-electron chi connectivity index (χ3n) is 2.22. The van der Waals surface area contributed by atoms with Gasteiger partial charge in [0.25, 0.3) is 0 Å². The second kappa shape index (κ2) is 4.62. The SMILES string of the molecule is CCc1cc(Br)c(F)c(CC(C)(C)N)c1. The first kappa shape index (κ1) is 12.7. The van der Waals surface area contributed by atoms with Crippen molar-refractivity contribution >= 4 is 15.9 Å². The standard InChI is InChI=1S/C12H17BrFN/c1-4-8-5-9(7-12(2,3)15)11(14)10(13)6-8/h5-6H,4,7,15H2,1-3H3. The summed E-state index contributed by atoms with van der Waals surface area (Å²) in [5.74, 6) is -0.189. The molecule has 0 aliphatic heterocycles. The lowest BCUT2D eigenvalue weighted by Gasteiger charge is -2.19. The van der Waals surface area contributed by atoms with Gasteiger partial charge < -0.3 is 5.73 Å². The molecule has 3 heteroatoms. The minimum absolute atomic E-state index is 0.189. The fourth-order valence-corrected chi connectivity index (χ4v) is 2.08. The van der Waals surface area contributed by atoms with Gasteiger partial charge in [0, 0.05) is 5.54 Å². The molecule has 2 N–H and O–H groups in total. The Labute approximate surface area is 99.0 Å². The maximum atomic E-state index is 13.7. The van der Waals surface area contributed by atoms with Crippen molar-refractivity contribution in [2.75, 3.05) is 0 Å².